The van der Waals surface area contributed by atoms with Gasteiger partial charge in [0.2, 0.25) is 15.9 Å². The van der Waals surface area contributed by atoms with Crippen LogP contribution in [0.3, 0.4) is 0 Å². The Kier molecular flexibility index (Phi) is 8.24. The normalized spacial score (nSPS) is 18.4. The van der Waals surface area contributed by atoms with E-state index in [4.69, 9.17) is 4.74 Å². The Morgan fingerprint density at radius 1 is 1.00 bits per heavy atom. The number of hydrogen-bond donors (Lipinski definition) is 0. The fraction of sp³-hybridized carbons (Fsp3) is 0.321. The molecule has 0 radical (unpaired) electrons. The minimum Gasteiger partial charge on any atom is -0.493 e. The number of carbonyl (C=O) groups is 1. The predicted molar refractivity (Wildman–Crippen MR) is 136 cm³/mol. The number of benzene rings is 3. The molecule has 3 aromatic rings. The van der Waals surface area contributed by atoms with Crippen LogP contribution in [0.4, 0.5) is 8.78 Å². The van der Waals surface area contributed by atoms with Crippen LogP contribution in [-0.4, -0.2) is 50.3 Å². The van der Waals surface area contributed by atoms with Gasteiger partial charge in [0.05, 0.1) is 11.5 Å². The highest BCUT2D eigenvalue weighted by molar-refractivity contribution is 7.89. The summed E-state index contributed by atoms with van der Waals surface area (Å²) in [7, 11) is -2.48. The van der Waals surface area contributed by atoms with E-state index >= 15 is 0 Å². The van der Waals surface area contributed by atoms with Gasteiger partial charge >= 0.3 is 0 Å². The summed E-state index contributed by atoms with van der Waals surface area (Å²) in [5.41, 5.74) is 0.156. The number of carbonyl (C=O) groups excluding carboxylic acids is 1. The molecule has 0 bridgehead atoms. The minimum absolute atomic E-state index is 0.00871. The Labute approximate surface area is 216 Å². The average Bonchev–Trinajstić information content (AvgIpc) is 2.88. The number of piperidine rings is 1. The zero-order chi connectivity index (χ0) is 26.5. The molecule has 4 rings (SSSR count). The van der Waals surface area contributed by atoms with Crippen LogP contribution in [-0.2, 0) is 21.4 Å². The van der Waals surface area contributed by atoms with Crippen molar-refractivity contribution in [2.75, 3.05) is 26.7 Å². The van der Waals surface area contributed by atoms with Gasteiger partial charge in [-0.2, -0.15) is 4.31 Å². The van der Waals surface area contributed by atoms with E-state index in [0.29, 0.717) is 31.2 Å². The molecule has 0 N–H and O–H groups in total. The average molecular weight is 529 g/mol. The van der Waals surface area contributed by atoms with Gasteiger partial charge in [0, 0.05) is 44.6 Å². The summed E-state index contributed by atoms with van der Waals surface area (Å²) in [6, 6.07) is 21.0. The Morgan fingerprint density at radius 2 is 1.62 bits per heavy atom. The molecule has 1 heterocycles. The fourth-order valence-corrected chi connectivity index (χ4v) is 6.30. The van der Waals surface area contributed by atoms with Crippen LogP contribution in [0.1, 0.15) is 24.8 Å². The van der Waals surface area contributed by atoms with E-state index in [1.165, 1.54) is 4.31 Å². The summed E-state index contributed by atoms with van der Waals surface area (Å²) in [5, 5.41) is 0. The standard InChI is InChI=1S/C28H30F2N2O4S/c1-31(19-22-9-4-2-5-10-22)27(33)18-28(21-36-25-11-6-3-7-12-25)13-8-14-32(20-28)37(34,35)26-16-23(29)15-24(30)17-26/h2-7,9-12,15-17H,8,13-14,18-21H2,1H3. The first-order valence-electron chi connectivity index (χ1n) is 12.1. The lowest BCUT2D eigenvalue weighted by Gasteiger charge is -2.42. The lowest BCUT2D eigenvalue weighted by atomic mass is 9.78. The second kappa shape index (κ2) is 11.4. The molecule has 3 aromatic carbocycles. The van der Waals surface area contributed by atoms with Gasteiger partial charge in [-0.3, -0.25) is 4.79 Å². The monoisotopic (exact) mass is 528 g/mol. The van der Waals surface area contributed by atoms with E-state index < -0.39 is 32.0 Å². The maximum atomic E-state index is 13.8. The fourth-order valence-electron chi connectivity index (χ4n) is 4.66. The van der Waals surface area contributed by atoms with Gasteiger partial charge in [-0.1, -0.05) is 48.5 Å². The number of para-hydroxylation sites is 1. The Hall–Kier alpha value is -3.30. The molecule has 1 aliphatic heterocycles. The molecule has 1 fully saturated rings. The van der Waals surface area contributed by atoms with Gasteiger partial charge in [-0.05, 0) is 42.7 Å². The van der Waals surface area contributed by atoms with Crippen molar-refractivity contribution in [1.29, 1.82) is 0 Å². The van der Waals surface area contributed by atoms with Crippen molar-refractivity contribution in [3.05, 3.63) is 96.1 Å². The van der Waals surface area contributed by atoms with E-state index in [-0.39, 0.29) is 32.0 Å². The first kappa shape index (κ1) is 26.8. The van der Waals surface area contributed by atoms with Crippen molar-refractivity contribution in [3.63, 3.8) is 0 Å². The van der Waals surface area contributed by atoms with Gasteiger partial charge in [-0.25, -0.2) is 17.2 Å². The molecule has 0 saturated carbocycles. The number of hydrogen-bond acceptors (Lipinski definition) is 4. The number of amides is 1. The highest BCUT2D eigenvalue weighted by atomic mass is 32.2. The molecule has 1 atom stereocenters. The van der Waals surface area contributed by atoms with Gasteiger partial charge in [-0.15, -0.1) is 0 Å². The highest BCUT2D eigenvalue weighted by Crippen LogP contribution is 2.37. The molecule has 1 unspecified atom stereocenters. The molecule has 6 nitrogen and oxygen atoms in total. The maximum Gasteiger partial charge on any atom is 0.243 e. The summed E-state index contributed by atoms with van der Waals surface area (Å²) in [5.74, 6) is -1.46. The van der Waals surface area contributed by atoms with Gasteiger partial charge in [0.15, 0.2) is 0 Å². The largest absolute Gasteiger partial charge is 0.493 e. The summed E-state index contributed by atoms with van der Waals surface area (Å²) in [4.78, 5) is 14.5. The Balaban J connectivity index is 1.58. The number of rotatable bonds is 9. The highest BCUT2D eigenvalue weighted by Gasteiger charge is 2.43. The van der Waals surface area contributed by atoms with Crippen LogP contribution in [0.15, 0.2) is 83.8 Å². The van der Waals surface area contributed by atoms with E-state index in [1.807, 2.05) is 48.5 Å². The molecule has 1 aliphatic rings. The Bertz CT molecular complexity index is 1300. The van der Waals surface area contributed by atoms with Crippen LogP contribution in [0.5, 0.6) is 5.75 Å². The molecule has 1 saturated heterocycles. The lowest BCUT2D eigenvalue weighted by molar-refractivity contribution is -0.134. The molecule has 0 spiro atoms. The zero-order valence-corrected chi connectivity index (χ0v) is 21.5. The smallest absolute Gasteiger partial charge is 0.243 e. The molecular formula is C28H30F2N2O4S. The molecule has 0 aromatic heterocycles. The van der Waals surface area contributed by atoms with Crippen molar-refractivity contribution in [1.82, 2.24) is 9.21 Å². The lowest BCUT2D eigenvalue weighted by Crippen LogP contribution is -2.50. The van der Waals surface area contributed by atoms with Gasteiger partial charge in [0.25, 0.3) is 0 Å². The van der Waals surface area contributed by atoms with Crippen molar-refractivity contribution >= 4 is 15.9 Å². The van der Waals surface area contributed by atoms with Crippen LogP contribution < -0.4 is 4.74 Å². The minimum atomic E-state index is -4.19. The molecule has 196 valence electrons. The predicted octanol–water partition coefficient (Wildman–Crippen LogP) is 4.86. The topological polar surface area (TPSA) is 66.9 Å². The second-order valence-corrected chi connectivity index (χ2v) is 11.5. The molecule has 37 heavy (non-hydrogen) atoms. The van der Waals surface area contributed by atoms with Gasteiger partial charge < -0.3 is 9.64 Å². The van der Waals surface area contributed by atoms with Crippen LogP contribution >= 0.6 is 0 Å². The first-order valence-corrected chi connectivity index (χ1v) is 13.5. The second-order valence-electron chi connectivity index (χ2n) is 9.56. The zero-order valence-electron chi connectivity index (χ0n) is 20.6. The number of halogens is 2. The van der Waals surface area contributed by atoms with Crippen molar-refractivity contribution < 1.29 is 26.7 Å². The molecular weight excluding hydrogens is 498 g/mol. The maximum absolute atomic E-state index is 13.8. The summed E-state index contributed by atoms with van der Waals surface area (Å²) in [6.45, 7) is 0.707. The van der Waals surface area contributed by atoms with E-state index in [0.717, 1.165) is 17.7 Å². The van der Waals surface area contributed by atoms with Crippen LogP contribution in [0, 0.1) is 17.0 Å². The number of sulfonamides is 1. The Morgan fingerprint density at radius 3 is 2.27 bits per heavy atom. The SMILES string of the molecule is CN(Cc1ccccc1)C(=O)CC1(COc2ccccc2)CCCN(S(=O)(=O)c2cc(F)cc(F)c2)C1. The van der Waals surface area contributed by atoms with E-state index in [2.05, 4.69) is 0 Å². The quantitative estimate of drug-likeness (QED) is 0.398. The summed E-state index contributed by atoms with van der Waals surface area (Å²) in [6.07, 6.45) is 1.10. The van der Waals surface area contributed by atoms with Crippen molar-refractivity contribution in [3.8, 4) is 5.75 Å². The molecule has 0 aliphatic carbocycles. The summed E-state index contributed by atoms with van der Waals surface area (Å²) >= 11 is 0. The third-order valence-electron chi connectivity index (χ3n) is 6.60. The van der Waals surface area contributed by atoms with E-state index in [9.17, 15) is 22.0 Å². The van der Waals surface area contributed by atoms with Crippen molar-refractivity contribution in [2.24, 2.45) is 5.41 Å². The molecule has 9 heteroatoms. The van der Waals surface area contributed by atoms with Crippen LogP contribution in [0.2, 0.25) is 0 Å². The molecule has 1 amide bonds. The van der Waals surface area contributed by atoms with Crippen LogP contribution in [0.25, 0.3) is 0 Å². The van der Waals surface area contributed by atoms with Crippen molar-refractivity contribution in [2.45, 2.75) is 30.7 Å². The number of ether oxygens (including phenoxy) is 1. The van der Waals surface area contributed by atoms with E-state index in [1.54, 1.807) is 24.1 Å². The summed E-state index contributed by atoms with van der Waals surface area (Å²) < 4.78 is 61.7. The first-order chi connectivity index (χ1) is 17.7. The third kappa shape index (κ3) is 6.72. The van der Waals surface area contributed by atoms with Gasteiger partial charge in [0.1, 0.15) is 17.4 Å². The number of nitrogens with zero attached hydrogens (tertiary/aromatic N) is 2. The third-order valence-corrected chi connectivity index (χ3v) is 8.43.